The zero-order chi connectivity index (χ0) is 19.6. The quantitative estimate of drug-likeness (QED) is 0.835. The maximum atomic E-state index is 12.3. The highest BCUT2D eigenvalue weighted by Gasteiger charge is 2.44. The number of hydrogen-bond donors (Lipinski definition) is 2. The molecule has 2 N–H and O–H groups in total. The molecule has 0 bridgehead atoms. The molecule has 0 unspecified atom stereocenters. The van der Waals surface area contributed by atoms with E-state index in [4.69, 9.17) is 0 Å². The summed E-state index contributed by atoms with van der Waals surface area (Å²) < 4.78 is 0. The Kier molecular flexibility index (Phi) is 5.25. The molecular formula is C20H20N4O2S. The molecule has 0 saturated carbocycles. The van der Waals surface area contributed by atoms with Gasteiger partial charge < -0.3 is 10.6 Å². The largest absolute Gasteiger partial charge is 0.325 e. The van der Waals surface area contributed by atoms with Crippen molar-refractivity contribution in [1.82, 2.24) is 5.32 Å². The van der Waals surface area contributed by atoms with Crippen molar-refractivity contribution in [2.75, 3.05) is 11.1 Å². The second kappa shape index (κ2) is 7.46. The lowest BCUT2D eigenvalue weighted by molar-refractivity contribution is -0.125. The van der Waals surface area contributed by atoms with Gasteiger partial charge in [0.05, 0.1) is 28.5 Å². The smallest absolute Gasteiger partial charge is 0.243 e. The molecule has 1 aromatic rings. The van der Waals surface area contributed by atoms with E-state index in [1.54, 1.807) is 13.8 Å². The van der Waals surface area contributed by atoms with Crippen LogP contribution in [0.1, 0.15) is 31.4 Å². The van der Waals surface area contributed by atoms with Crippen LogP contribution in [-0.4, -0.2) is 17.6 Å². The number of nitriles is 2. The van der Waals surface area contributed by atoms with Crippen molar-refractivity contribution in [3.8, 4) is 12.1 Å². The molecule has 0 radical (unpaired) electrons. The monoisotopic (exact) mass is 380 g/mol. The molecular weight excluding hydrogens is 360 g/mol. The van der Waals surface area contributed by atoms with Crippen molar-refractivity contribution in [2.45, 2.75) is 33.1 Å². The van der Waals surface area contributed by atoms with E-state index in [0.717, 1.165) is 36.7 Å². The molecule has 3 rings (SSSR count). The Balaban J connectivity index is 1.69. The number of fused-ring (bicyclic) bond motifs is 1. The molecule has 0 fully saturated rings. The van der Waals surface area contributed by atoms with Crippen LogP contribution in [0.3, 0.4) is 0 Å². The van der Waals surface area contributed by atoms with Crippen LogP contribution in [0.5, 0.6) is 0 Å². The number of carbonyl (C=O) groups excluding carboxylic acids is 2. The van der Waals surface area contributed by atoms with E-state index in [9.17, 15) is 20.1 Å². The summed E-state index contributed by atoms with van der Waals surface area (Å²) in [6, 6.07) is 10.0. The highest BCUT2D eigenvalue weighted by atomic mass is 32.2. The number of rotatable bonds is 4. The topological polar surface area (TPSA) is 106 Å². The molecule has 1 aromatic carbocycles. The number of allylic oxidation sites excluding steroid dienone is 1. The van der Waals surface area contributed by atoms with Crippen LogP contribution in [0.15, 0.2) is 28.8 Å². The summed E-state index contributed by atoms with van der Waals surface area (Å²) in [6.45, 7) is 3.40. The number of amides is 2. The zero-order valence-corrected chi connectivity index (χ0v) is 16.1. The Morgan fingerprint density at radius 2 is 2.07 bits per heavy atom. The van der Waals surface area contributed by atoms with Gasteiger partial charge in [-0.3, -0.25) is 9.59 Å². The van der Waals surface area contributed by atoms with E-state index in [2.05, 4.69) is 16.7 Å². The van der Waals surface area contributed by atoms with Crippen molar-refractivity contribution in [3.05, 3.63) is 39.9 Å². The van der Waals surface area contributed by atoms with Crippen LogP contribution in [0.2, 0.25) is 0 Å². The Labute approximate surface area is 162 Å². The van der Waals surface area contributed by atoms with E-state index in [1.165, 1.54) is 11.1 Å². The number of anilines is 1. The van der Waals surface area contributed by atoms with Gasteiger partial charge in [-0.2, -0.15) is 10.5 Å². The van der Waals surface area contributed by atoms with Crippen LogP contribution in [0.4, 0.5) is 5.69 Å². The minimum atomic E-state index is -0.934. The summed E-state index contributed by atoms with van der Waals surface area (Å²) in [5.74, 6) is -1.53. The van der Waals surface area contributed by atoms with Crippen LogP contribution in [0, 0.1) is 34.0 Å². The second-order valence-electron chi connectivity index (χ2n) is 7.26. The molecule has 1 heterocycles. The standard InChI is InChI=1S/C20H20N4O2S/c1-20(2)15(9-21)18(26)24-19(16(20)10-22)27-11-17(25)23-14-7-6-12-4-3-5-13(12)8-14/h6-8,15H,3-5,11H2,1-2H3,(H,23,25)(H,24,26)/t15-/m0/s1. The first-order chi connectivity index (χ1) is 12.9. The SMILES string of the molecule is CC1(C)C(C#N)=C(SCC(=O)Nc2ccc3c(c2)CCC3)NC(=O)[C@@H]1C#N. The molecule has 0 spiro atoms. The van der Waals surface area contributed by atoms with Gasteiger partial charge in [0, 0.05) is 11.1 Å². The number of carbonyl (C=O) groups is 2. The van der Waals surface area contributed by atoms with Gasteiger partial charge in [-0.1, -0.05) is 31.7 Å². The lowest BCUT2D eigenvalue weighted by Gasteiger charge is -2.34. The molecule has 1 atom stereocenters. The van der Waals surface area contributed by atoms with Crippen LogP contribution in [-0.2, 0) is 22.4 Å². The van der Waals surface area contributed by atoms with E-state index < -0.39 is 17.2 Å². The summed E-state index contributed by atoms with van der Waals surface area (Å²) in [5, 5.41) is 24.6. The van der Waals surface area contributed by atoms with E-state index in [1.807, 2.05) is 24.3 Å². The van der Waals surface area contributed by atoms with Crippen molar-refractivity contribution in [3.63, 3.8) is 0 Å². The third-order valence-electron chi connectivity index (χ3n) is 5.06. The van der Waals surface area contributed by atoms with Crippen molar-refractivity contribution in [1.29, 1.82) is 10.5 Å². The van der Waals surface area contributed by atoms with Gasteiger partial charge in [0.1, 0.15) is 5.92 Å². The molecule has 1 aliphatic carbocycles. The number of nitrogens with zero attached hydrogens (tertiary/aromatic N) is 2. The molecule has 7 heteroatoms. The average Bonchev–Trinajstić information content (AvgIpc) is 3.07. The average molecular weight is 380 g/mol. The van der Waals surface area contributed by atoms with Gasteiger partial charge in [0.2, 0.25) is 11.8 Å². The van der Waals surface area contributed by atoms with Gasteiger partial charge in [0.25, 0.3) is 0 Å². The summed E-state index contributed by atoms with van der Waals surface area (Å²) >= 11 is 1.11. The maximum absolute atomic E-state index is 12.3. The molecule has 138 valence electrons. The minimum Gasteiger partial charge on any atom is -0.325 e. The molecule has 0 aromatic heterocycles. The van der Waals surface area contributed by atoms with E-state index in [-0.39, 0.29) is 11.7 Å². The Morgan fingerprint density at radius 3 is 2.78 bits per heavy atom. The number of thioether (sulfide) groups is 1. The number of nitrogens with one attached hydrogen (secondary N) is 2. The van der Waals surface area contributed by atoms with Crippen molar-refractivity contribution >= 4 is 29.3 Å². The van der Waals surface area contributed by atoms with Gasteiger partial charge in [0.15, 0.2) is 0 Å². The van der Waals surface area contributed by atoms with Gasteiger partial charge >= 0.3 is 0 Å². The lowest BCUT2D eigenvalue weighted by Crippen LogP contribution is -2.44. The third kappa shape index (κ3) is 3.70. The number of hydrogen-bond acceptors (Lipinski definition) is 5. The van der Waals surface area contributed by atoms with Crippen LogP contribution >= 0.6 is 11.8 Å². The summed E-state index contributed by atoms with van der Waals surface area (Å²) in [7, 11) is 0. The highest BCUT2D eigenvalue weighted by molar-refractivity contribution is 8.03. The molecule has 1 aliphatic heterocycles. The maximum Gasteiger partial charge on any atom is 0.243 e. The summed E-state index contributed by atoms with van der Waals surface area (Å²) in [5.41, 5.74) is 2.80. The predicted molar refractivity (Wildman–Crippen MR) is 103 cm³/mol. The number of aryl methyl sites for hydroxylation is 2. The zero-order valence-electron chi connectivity index (χ0n) is 15.3. The minimum absolute atomic E-state index is 0.0607. The molecule has 6 nitrogen and oxygen atoms in total. The Hall–Kier alpha value is -2.77. The first-order valence-corrected chi connectivity index (χ1v) is 9.75. The fraction of sp³-hybridized carbons (Fsp3) is 0.400. The summed E-state index contributed by atoms with van der Waals surface area (Å²) in [6.07, 6.45) is 3.27. The molecule has 27 heavy (non-hydrogen) atoms. The fourth-order valence-electron chi connectivity index (χ4n) is 3.52. The fourth-order valence-corrected chi connectivity index (χ4v) is 4.49. The molecule has 2 aliphatic rings. The van der Waals surface area contributed by atoms with Gasteiger partial charge in [-0.15, -0.1) is 0 Å². The predicted octanol–water partition coefficient (Wildman–Crippen LogP) is 2.88. The van der Waals surface area contributed by atoms with Crippen LogP contribution < -0.4 is 10.6 Å². The van der Waals surface area contributed by atoms with Crippen molar-refractivity contribution < 1.29 is 9.59 Å². The molecule has 2 amide bonds. The van der Waals surface area contributed by atoms with Crippen LogP contribution in [0.25, 0.3) is 0 Å². The van der Waals surface area contributed by atoms with Gasteiger partial charge in [-0.25, -0.2) is 0 Å². The Morgan fingerprint density at radius 1 is 1.33 bits per heavy atom. The normalized spacial score (nSPS) is 20.3. The first-order valence-electron chi connectivity index (χ1n) is 8.76. The first kappa shape index (κ1) is 19.0. The van der Waals surface area contributed by atoms with E-state index >= 15 is 0 Å². The van der Waals surface area contributed by atoms with E-state index in [0.29, 0.717) is 10.6 Å². The third-order valence-corrected chi connectivity index (χ3v) is 6.06. The Bertz CT molecular complexity index is 921. The molecule has 0 saturated heterocycles. The van der Waals surface area contributed by atoms with Gasteiger partial charge in [-0.05, 0) is 42.5 Å². The second-order valence-corrected chi connectivity index (χ2v) is 8.25. The van der Waals surface area contributed by atoms with Crippen molar-refractivity contribution in [2.24, 2.45) is 11.3 Å². The number of benzene rings is 1. The lowest BCUT2D eigenvalue weighted by atomic mass is 9.72. The highest BCUT2D eigenvalue weighted by Crippen LogP contribution is 2.41. The summed E-state index contributed by atoms with van der Waals surface area (Å²) in [4.78, 5) is 24.5.